The monoisotopic (exact) mass is 240 g/mol. The minimum Gasteiger partial charge on any atom is -0.478 e. The Morgan fingerprint density at radius 1 is 1.56 bits per heavy atom. The van der Waals surface area contributed by atoms with E-state index in [1.807, 2.05) is 0 Å². The number of hydrogen-bond donors (Lipinski definition) is 1. The summed E-state index contributed by atoms with van der Waals surface area (Å²) in [4.78, 5) is 13.3. The molecule has 4 nitrogen and oxygen atoms in total. The summed E-state index contributed by atoms with van der Waals surface area (Å²) in [6.45, 7) is 0.719. The van der Waals surface area contributed by atoms with Crippen LogP contribution in [0.3, 0.4) is 0 Å². The summed E-state index contributed by atoms with van der Waals surface area (Å²) in [6, 6.07) is 4.99. The standard InChI is InChI=1S/C11H13ClN2O2/c1-14-5-4-10(11(14)15)16-9-3-2-7(12)6-8(9)13/h2-3,6,10H,4-5,13H2,1H3. The van der Waals surface area contributed by atoms with E-state index in [9.17, 15) is 4.79 Å². The molecule has 1 fully saturated rings. The largest absolute Gasteiger partial charge is 0.478 e. The van der Waals surface area contributed by atoms with Crippen molar-refractivity contribution in [1.82, 2.24) is 4.90 Å². The summed E-state index contributed by atoms with van der Waals surface area (Å²) in [7, 11) is 1.76. The van der Waals surface area contributed by atoms with E-state index in [-0.39, 0.29) is 5.91 Å². The highest BCUT2D eigenvalue weighted by molar-refractivity contribution is 6.30. The second-order valence-corrected chi connectivity index (χ2v) is 4.27. The topological polar surface area (TPSA) is 55.6 Å². The van der Waals surface area contributed by atoms with E-state index in [4.69, 9.17) is 22.1 Å². The van der Waals surface area contributed by atoms with Crippen molar-refractivity contribution in [2.24, 2.45) is 0 Å². The molecule has 1 aliphatic rings. The molecule has 16 heavy (non-hydrogen) atoms. The van der Waals surface area contributed by atoms with E-state index < -0.39 is 6.10 Å². The lowest BCUT2D eigenvalue weighted by atomic mass is 10.2. The van der Waals surface area contributed by atoms with Crippen molar-refractivity contribution >= 4 is 23.2 Å². The third-order valence-corrected chi connectivity index (χ3v) is 2.85. The number of likely N-dealkylation sites (N-methyl/N-ethyl adjacent to an activating group) is 1. The zero-order chi connectivity index (χ0) is 11.7. The van der Waals surface area contributed by atoms with Crippen molar-refractivity contribution in [3.63, 3.8) is 0 Å². The van der Waals surface area contributed by atoms with Crippen LogP contribution in [0.5, 0.6) is 5.75 Å². The molecule has 1 unspecified atom stereocenters. The summed E-state index contributed by atoms with van der Waals surface area (Å²) < 4.78 is 5.57. The Bertz CT molecular complexity index is 422. The van der Waals surface area contributed by atoms with Crippen molar-refractivity contribution in [3.05, 3.63) is 23.2 Å². The predicted octanol–water partition coefficient (Wildman–Crippen LogP) is 1.53. The summed E-state index contributed by atoms with van der Waals surface area (Å²) >= 11 is 5.77. The molecular weight excluding hydrogens is 228 g/mol. The first-order valence-electron chi connectivity index (χ1n) is 5.04. The maximum absolute atomic E-state index is 11.6. The van der Waals surface area contributed by atoms with E-state index in [1.54, 1.807) is 30.1 Å². The highest BCUT2D eigenvalue weighted by Crippen LogP contribution is 2.27. The van der Waals surface area contributed by atoms with Crippen LogP contribution in [-0.2, 0) is 4.79 Å². The van der Waals surface area contributed by atoms with Crippen LogP contribution in [0.25, 0.3) is 0 Å². The van der Waals surface area contributed by atoms with Gasteiger partial charge in [-0.1, -0.05) is 11.6 Å². The number of carbonyl (C=O) groups excluding carboxylic acids is 1. The van der Waals surface area contributed by atoms with Crippen molar-refractivity contribution in [2.75, 3.05) is 19.3 Å². The molecule has 0 radical (unpaired) electrons. The second-order valence-electron chi connectivity index (χ2n) is 3.84. The van der Waals surface area contributed by atoms with Gasteiger partial charge in [-0.2, -0.15) is 0 Å². The maximum atomic E-state index is 11.6. The molecule has 5 heteroatoms. The molecule has 86 valence electrons. The molecule has 2 N–H and O–H groups in total. The number of rotatable bonds is 2. The van der Waals surface area contributed by atoms with Crippen molar-refractivity contribution < 1.29 is 9.53 Å². The van der Waals surface area contributed by atoms with Gasteiger partial charge in [0, 0.05) is 25.0 Å². The molecule has 1 saturated heterocycles. The molecule has 1 amide bonds. The first kappa shape index (κ1) is 11.1. The minimum absolute atomic E-state index is 0.00523. The van der Waals surface area contributed by atoms with Crippen LogP contribution in [0.1, 0.15) is 6.42 Å². The third kappa shape index (κ3) is 2.07. The number of nitrogens with two attached hydrogens (primary N) is 1. The number of hydrogen-bond acceptors (Lipinski definition) is 3. The highest BCUT2D eigenvalue weighted by Gasteiger charge is 2.31. The molecule has 1 heterocycles. The van der Waals surface area contributed by atoms with E-state index in [2.05, 4.69) is 0 Å². The second kappa shape index (κ2) is 4.22. The van der Waals surface area contributed by atoms with Gasteiger partial charge in [0.05, 0.1) is 5.69 Å². The van der Waals surface area contributed by atoms with Crippen molar-refractivity contribution in [1.29, 1.82) is 0 Å². The fraction of sp³-hybridized carbons (Fsp3) is 0.364. The first-order valence-corrected chi connectivity index (χ1v) is 5.42. The van der Waals surface area contributed by atoms with E-state index in [0.717, 1.165) is 6.54 Å². The number of nitrogens with zero attached hydrogens (tertiary/aromatic N) is 1. The van der Waals surface area contributed by atoms with Crippen LogP contribution in [0.2, 0.25) is 5.02 Å². The molecule has 1 aliphatic heterocycles. The van der Waals surface area contributed by atoms with Gasteiger partial charge in [-0.3, -0.25) is 4.79 Å². The van der Waals surface area contributed by atoms with Crippen LogP contribution < -0.4 is 10.5 Å². The van der Waals surface area contributed by atoms with E-state index >= 15 is 0 Å². The molecule has 0 aliphatic carbocycles. The van der Waals surface area contributed by atoms with Crippen molar-refractivity contribution in [2.45, 2.75) is 12.5 Å². The van der Waals surface area contributed by atoms with Crippen LogP contribution in [0.4, 0.5) is 5.69 Å². The normalized spacial score (nSPS) is 20.2. The molecule has 1 aromatic carbocycles. The van der Waals surface area contributed by atoms with Crippen LogP contribution >= 0.6 is 11.6 Å². The Morgan fingerprint density at radius 2 is 2.31 bits per heavy atom. The minimum atomic E-state index is -0.423. The van der Waals surface area contributed by atoms with Gasteiger partial charge in [0.1, 0.15) is 5.75 Å². The van der Waals surface area contributed by atoms with Gasteiger partial charge in [0.25, 0.3) is 5.91 Å². The van der Waals surface area contributed by atoms with Crippen LogP contribution in [-0.4, -0.2) is 30.5 Å². The summed E-state index contributed by atoms with van der Waals surface area (Å²) in [5.74, 6) is 0.507. The molecule has 1 aromatic rings. The fourth-order valence-corrected chi connectivity index (χ4v) is 1.86. The number of halogens is 1. The summed E-state index contributed by atoms with van der Waals surface area (Å²) in [6.07, 6.45) is 0.269. The number of amides is 1. The average molecular weight is 241 g/mol. The van der Waals surface area contributed by atoms with Gasteiger partial charge in [-0.25, -0.2) is 0 Å². The molecular formula is C11H13ClN2O2. The van der Waals surface area contributed by atoms with Gasteiger partial charge in [-0.15, -0.1) is 0 Å². The summed E-state index contributed by atoms with van der Waals surface area (Å²) in [5, 5.41) is 0.555. The van der Waals surface area contributed by atoms with Gasteiger partial charge >= 0.3 is 0 Å². The third-order valence-electron chi connectivity index (χ3n) is 2.62. The Kier molecular flexibility index (Phi) is 2.92. The highest BCUT2D eigenvalue weighted by atomic mass is 35.5. The Morgan fingerprint density at radius 3 is 2.88 bits per heavy atom. The number of ether oxygens (including phenoxy) is 1. The Balaban J connectivity index is 2.12. The number of likely N-dealkylation sites (tertiary alicyclic amines) is 1. The van der Waals surface area contributed by atoms with Gasteiger partial charge in [0.2, 0.25) is 0 Å². The van der Waals surface area contributed by atoms with Gasteiger partial charge in [-0.05, 0) is 18.2 Å². The lowest BCUT2D eigenvalue weighted by molar-refractivity contribution is -0.132. The van der Waals surface area contributed by atoms with Crippen LogP contribution in [0, 0.1) is 0 Å². The lowest BCUT2D eigenvalue weighted by Gasteiger charge is -2.14. The summed E-state index contributed by atoms with van der Waals surface area (Å²) in [5.41, 5.74) is 6.20. The predicted molar refractivity (Wildman–Crippen MR) is 62.5 cm³/mol. The molecule has 0 aromatic heterocycles. The number of anilines is 1. The number of benzene rings is 1. The fourth-order valence-electron chi connectivity index (χ4n) is 1.68. The molecule has 1 atom stereocenters. The van der Waals surface area contributed by atoms with Gasteiger partial charge in [0.15, 0.2) is 6.10 Å². The average Bonchev–Trinajstić information content (AvgIpc) is 2.54. The van der Waals surface area contributed by atoms with Crippen LogP contribution in [0.15, 0.2) is 18.2 Å². The molecule has 0 spiro atoms. The number of carbonyl (C=O) groups is 1. The Labute approximate surface area is 98.9 Å². The number of nitrogen functional groups attached to an aromatic ring is 1. The zero-order valence-electron chi connectivity index (χ0n) is 8.94. The lowest BCUT2D eigenvalue weighted by Crippen LogP contribution is -2.29. The molecule has 0 bridgehead atoms. The molecule has 0 saturated carbocycles. The zero-order valence-corrected chi connectivity index (χ0v) is 9.70. The Hall–Kier alpha value is -1.42. The first-order chi connectivity index (χ1) is 7.58. The quantitative estimate of drug-likeness (QED) is 0.798. The van der Waals surface area contributed by atoms with E-state index in [0.29, 0.717) is 22.9 Å². The van der Waals surface area contributed by atoms with Gasteiger partial charge < -0.3 is 15.4 Å². The van der Waals surface area contributed by atoms with E-state index in [1.165, 1.54) is 0 Å². The van der Waals surface area contributed by atoms with Crippen molar-refractivity contribution in [3.8, 4) is 5.75 Å². The molecule has 2 rings (SSSR count). The smallest absolute Gasteiger partial charge is 0.263 e. The SMILES string of the molecule is CN1CCC(Oc2ccc(Cl)cc2N)C1=O. The maximum Gasteiger partial charge on any atom is 0.263 e.